The number of phenolic OH excluding ortho intramolecular Hbond substituents is 1. The predicted molar refractivity (Wildman–Crippen MR) is 64.4 cm³/mol. The van der Waals surface area contributed by atoms with Crippen LogP contribution in [-0.4, -0.2) is 22.7 Å². The summed E-state index contributed by atoms with van der Waals surface area (Å²) in [5.74, 6) is -0.457. The first-order valence-corrected chi connectivity index (χ1v) is 5.45. The first kappa shape index (κ1) is 11.7. The second-order valence-electron chi connectivity index (χ2n) is 3.44. The van der Waals surface area contributed by atoms with Crippen LogP contribution in [0.4, 0.5) is 0 Å². The van der Waals surface area contributed by atoms with E-state index in [1.807, 2.05) is 0 Å². The summed E-state index contributed by atoms with van der Waals surface area (Å²) in [6, 6.07) is 4.64. The van der Waals surface area contributed by atoms with Gasteiger partial charge in [-0.15, -0.1) is 0 Å². The number of phenols is 1. The maximum Gasteiger partial charge on any atom is 0.339 e. The second kappa shape index (κ2) is 4.59. The van der Waals surface area contributed by atoms with Gasteiger partial charge < -0.3 is 9.84 Å². The monoisotopic (exact) mass is 251 g/mol. The molecule has 0 unspecified atom stereocenters. The average Bonchev–Trinajstić information content (AvgIpc) is 2.30. The van der Waals surface area contributed by atoms with Gasteiger partial charge in [0.05, 0.1) is 22.7 Å². The van der Waals surface area contributed by atoms with Gasteiger partial charge in [-0.1, -0.05) is 11.6 Å². The Kier molecular flexibility index (Phi) is 3.15. The van der Waals surface area contributed by atoms with E-state index in [0.29, 0.717) is 23.1 Å². The van der Waals surface area contributed by atoms with Crippen LogP contribution in [-0.2, 0) is 4.74 Å². The molecular weight excluding hydrogens is 242 g/mol. The zero-order valence-electron chi connectivity index (χ0n) is 9.11. The molecule has 2 rings (SSSR count). The molecule has 0 saturated carbocycles. The Morgan fingerprint density at radius 2 is 2.24 bits per heavy atom. The number of ether oxygens (including phenoxy) is 1. The van der Waals surface area contributed by atoms with Gasteiger partial charge in [0, 0.05) is 17.6 Å². The number of aromatic nitrogens is 1. The van der Waals surface area contributed by atoms with Crippen LogP contribution in [0.5, 0.6) is 5.75 Å². The lowest BCUT2D eigenvalue weighted by Crippen LogP contribution is -2.04. The fourth-order valence-electron chi connectivity index (χ4n) is 1.46. The summed E-state index contributed by atoms with van der Waals surface area (Å²) in [5, 5.41) is 10.3. The highest BCUT2D eigenvalue weighted by Crippen LogP contribution is 2.28. The van der Waals surface area contributed by atoms with E-state index in [1.54, 1.807) is 19.1 Å². The number of hydrogen-bond acceptors (Lipinski definition) is 4. The molecule has 2 aromatic rings. The first-order valence-electron chi connectivity index (χ1n) is 5.07. The van der Waals surface area contributed by atoms with Crippen molar-refractivity contribution in [2.45, 2.75) is 6.92 Å². The quantitative estimate of drug-likeness (QED) is 0.834. The second-order valence-corrected chi connectivity index (χ2v) is 3.85. The van der Waals surface area contributed by atoms with E-state index in [-0.39, 0.29) is 10.8 Å². The molecule has 0 saturated heterocycles. The van der Waals surface area contributed by atoms with Gasteiger partial charge >= 0.3 is 5.97 Å². The van der Waals surface area contributed by atoms with Crippen LogP contribution in [0, 0.1) is 0 Å². The molecular formula is C12H10ClNO3. The molecule has 1 aromatic carbocycles. The molecule has 88 valence electrons. The lowest BCUT2D eigenvalue weighted by molar-refractivity contribution is 0.0526. The third-order valence-corrected chi connectivity index (χ3v) is 2.56. The molecule has 1 aromatic heterocycles. The highest BCUT2D eigenvalue weighted by Gasteiger charge is 2.09. The van der Waals surface area contributed by atoms with Crippen LogP contribution in [0.2, 0.25) is 5.02 Å². The standard InChI is InChI=1S/C12H10ClNO3/c1-2-17-12(16)8-3-7-4-9(13)11(15)5-10(7)14-6-8/h3-6,15H,2H2,1H3. The number of pyridine rings is 1. The molecule has 0 spiro atoms. The fraction of sp³-hybridized carbons (Fsp3) is 0.167. The third-order valence-electron chi connectivity index (χ3n) is 2.26. The van der Waals surface area contributed by atoms with Gasteiger partial charge in [-0.05, 0) is 19.1 Å². The number of fused-ring (bicyclic) bond motifs is 1. The molecule has 1 heterocycles. The van der Waals surface area contributed by atoms with E-state index in [1.165, 1.54) is 12.3 Å². The molecule has 0 amide bonds. The summed E-state index contributed by atoms with van der Waals surface area (Å²) in [4.78, 5) is 15.6. The van der Waals surface area contributed by atoms with E-state index >= 15 is 0 Å². The number of aromatic hydroxyl groups is 1. The van der Waals surface area contributed by atoms with Crippen LogP contribution in [0.15, 0.2) is 24.4 Å². The van der Waals surface area contributed by atoms with Gasteiger partial charge in [0.15, 0.2) is 0 Å². The van der Waals surface area contributed by atoms with E-state index < -0.39 is 5.97 Å². The molecule has 0 radical (unpaired) electrons. The normalized spacial score (nSPS) is 10.5. The summed E-state index contributed by atoms with van der Waals surface area (Å²) >= 11 is 5.79. The predicted octanol–water partition coefficient (Wildman–Crippen LogP) is 2.77. The lowest BCUT2D eigenvalue weighted by atomic mass is 10.1. The van der Waals surface area contributed by atoms with Crippen LogP contribution >= 0.6 is 11.6 Å². The Balaban J connectivity index is 2.50. The smallest absolute Gasteiger partial charge is 0.339 e. The first-order chi connectivity index (χ1) is 8.11. The molecule has 0 aliphatic heterocycles. The van der Waals surface area contributed by atoms with Crippen LogP contribution in [0.1, 0.15) is 17.3 Å². The fourth-order valence-corrected chi connectivity index (χ4v) is 1.64. The topological polar surface area (TPSA) is 59.4 Å². The van der Waals surface area contributed by atoms with Gasteiger partial charge in [-0.25, -0.2) is 4.79 Å². The number of benzene rings is 1. The maximum atomic E-state index is 11.5. The van der Waals surface area contributed by atoms with Gasteiger partial charge in [0.1, 0.15) is 5.75 Å². The van der Waals surface area contributed by atoms with Crippen molar-refractivity contribution in [3.05, 3.63) is 35.0 Å². The summed E-state index contributed by atoms with van der Waals surface area (Å²) in [7, 11) is 0. The number of esters is 1. The Labute approximate surface area is 103 Å². The molecule has 17 heavy (non-hydrogen) atoms. The number of hydrogen-bond donors (Lipinski definition) is 1. The lowest BCUT2D eigenvalue weighted by Gasteiger charge is -2.04. The van der Waals surface area contributed by atoms with E-state index in [4.69, 9.17) is 16.3 Å². The third kappa shape index (κ3) is 2.31. The Morgan fingerprint density at radius 1 is 1.47 bits per heavy atom. The van der Waals surface area contributed by atoms with Crippen molar-refractivity contribution in [1.82, 2.24) is 4.98 Å². The van der Waals surface area contributed by atoms with Crippen molar-refractivity contribution in [2.24, 2.45) is 0 Å². The van der Waals surface area contributed by atoms with Crippen molar-refractivity contribution in [3.8, 4) is 5.75 Å². The molecule has 0 fully saturated rings. The van der Waals surface area contributed by atoms with Gasteiger partial charge in [-0.2, -0.15) is 0 Å². The average molecular weight is 252 g/mol. The highest BCUT2D eigenvalue weighted by molar-refractivity contribution is 6.32. The molecule has 5 heteroatoms. The van der Waals surface area contributed by atoms with Crippen LogP contribution in [0.3, 0.4) is 0 Å². The zero-order valence-corrected chi connectivity index (χ0v) is 9.86. The molecule has 1 N–H and O–H groups in total. The van der Waals surface area contributed by atoms with Gasteiger partial charge in [0.25, 0.3) is 0 Å². The number of carbonyl (C=O) groups is 1. The number of halogens is 1. The Morgan fingerprint density at radius 3 is 2.94 bits per heavy atom. The van der Waals surface area contributed by atoms with E-state index in [2.05, 4.69) is 4.98 Å². The van der Waals surface area contributed by atoms with E-state index in [0.717, 1.165) is 0 Å². The summed E-state index contributed by atoms with van der Waals surface area (Å²) in [6.45, 7) is 2.05. The van der Waals surface area contributed by atoms with Crippen LogP contribution < -0.4 is 0 Å². The summed E-state index contributed by atoms with van der Waals surface area (Å²) < 4.78 is 4.87. The largest absolute Gasteiger partial charge is 0.506 e. The number of nitrogens with zero attached hydrogens (tertiary/aromatic N) is 1. The molecule has 0 bridgehead atoms. The van der Waals surface area contributed by atoms with Gasteiger partial charge in [-0.3, -0.25) is 4.98 Å². The highest BCUT2D eigenvalue weighted by atomic mass is 35.5. The molecule has 0 atom stereocenters. The minimum atomic E-state index is -0.425. The Hall–Kier alpha value is -1.81. The SMILES string of the molecule is CCOC(=O)c1cnc2cc(O)c(Cl)cc2c1. The van der Waals surface area contributed by atoms with Gasteiger partial charge in [0.2, 0.25) is 0 Å². The minimum absolute atomic E-state index is 0.0319. The molecule has 4 nitrogen and oxygen atoms in total. The molecule has 0 aliphatic rings. The van der Waals surface area contributed by atoms with Crippen molar-refractivity contribution in [3.63, 3.8) is 0 Å². The Bertz CT molecular complexity index is 583. The number of carbonyl (C=O) groups excluding carboxylic acids is 1. The summed E-state index contributed by atoms with van der Waals surface area (Å²) in [6.07, 6.45) is 1.41. The van der Waals surface area contributed by atoms with Crippen molar-refractivity contribution in [2.75, 3.05) is 6.61 Å². The van der Waals surface area contributed by atoms with E-state index in [9.17, 15) is 9.90 Å². The number of rotatable bonds is 2. The minimum Gasteiger partial charge on any atom is -0.506 e. The van der Waals surface area contributed by atoms with Crippen LogP contribution in [0.25, 0.3) is 10.9 Å². The summed E-state index contributed by atoms with van der Waals surface area (Å²) in [5.41, 5.74) is 0.932. The van der Waals surface area contributed by atoms with Crippen molar-refractivity contribution < 1.29 is 14.6 Å². The van der Waals surface area contributed by atoms with Crippen molar-refractivity contribution >= 4 is 28.5 Å². The van der Waals surface area contributed by atoms with Crippen molar-refractivity contribution in [1.29, 1.82) is 0 Å². The molecule has 0 aliphatic carbocycles. The zero-order chi connectivity index (χ0) is 12.4. The maximum absolute atomic E-state index is 11.5.